The predicted octanol–water partition coefficient (Wildman–Crippen LogP) is 3.52. The number of benzene rings is 2. The van der Waals surface area contributed by atoms with Crippen LogP contribution >= 0.6 is 0 Å². The molecule has 0 fully saturated rings. The summed E-state index contributed by atoms with van der Waals surface area (Å²) in [6.45, 7) is 1.43. The lowest BCUT2D eigenvalue weighted by molar-refractivity contribution is -0.117. The number of hydrogen-bond acceptors (Lipinski definition) is 4. The highest BCUT2D eigenvalue weighted by Crippen LogP contribution is 2.15. The van der Waals surface area contributed by atoms with Gasteiger partial charge in [0.25, 0.3) is 5.91 Å². The Hall–Kier alpha value is -3.87. The minimum Gasteiger partial charge on any atom is -0.467 e. The summed E-state index contributed by atoms with van der Waals surface area (Å²) in [5.74, 6) is -0.258. The zero-order valence-electron chi connectivity index (χ0n) is 15.9. The molecule has 29 heavy (non-hydrogen) atoms. The molecular weight excluding hydrogens is 370 g/mol. The summed E-state index contributed by atoms with van der Waals surface area (Å²) in [6, 6.07) is 19.0. The molecule has 2 aromatic carbocycles. The van der Waals surface area contributed by atoms with E-state index in [1.54, 1.807) is 48.5 Å². The Morgan fingerprint density at radius 2 is 1.55 bits per heavy atom. The van der Waals surface area contributed by atoms with Gasteiger partial charge in [-0.15, -0.1) is 0 Å². The molecule has 7 nitrogen and oxygen atoms in total. The number of hydrogen-bond donors (Lipinski definition) is 2. The van der Waals surface area contributed by atoms with Crippen molar-refractivity contribution < 1.29 is 18.8 Å². The van der Waals surface area contributed by atoms with Gasteiger partial charge in [-0.1, -0.05) is 18.2 Å². The Labute approximate surface area is 168 Å². The van der Waals surface area contributed by atoms with Gasteiger partial charge in [-0.3, -0.25) is 14.4 Å². The molecule has 0 aliphatic heterocycles. The summed E-state index contributed by atoms with van der Waals surface area (Å²) >= 11 is 0. The molecule has 3 rings (SSSR count). The lowest BCUT2D eigenvalue weighted by Gasteiger charge is -2.21. The van der Waals surface area contributed by atoms with E-state index in [9.17, 15) is 14.4 Å². The van der Waals surface area contributed by atoms with Gasteiger partial charge in [0.05, 0.1) is 12.8 Å². The molecule has 0 radical (unpaired) electrons. The van der Waals surface area contributed by atoms with Crippen molar-refractivity contribution in [3.8, 4) is 0 Å². The maximum Gasteiger partial charge on any atom is 0.254 e. The number of carbonyl (C=O) groups excluding carboxylic acids is 3. The number of furan rings is 1. The minimum absolute atomic E-state index is 0.137. The smallest absolute Gasteiger partial charge is 0.254 e. The number of anilines is 2. The van der Waals surface area contributed by atoms with Crippen LogP contribution in [-0.4, -0.2) is 29.2 Å². The SMILES string of the molecule is CC(=O)Nc1ccc(C(=O)N(CC(=O)Nc2ccccc2)Cc2ccco2)cc1. The summed E-state index contributed by atoms with van der Waals surface area (Å²) < 4.78 is 5.34. The first-order chi connectivity index (χ1) is 14.0. The molecule has 0 atom stereocenters. The fourth-order valence-electron chi connectivity index (χ4n) is 2.77. The third kappa shape index (κ3) is 5.80. The van der Waals surface area contributed by atoms with E-state index in [2.05, 4.69) is 10.6 Å². The van der Waals surface area contributed by atoms with Crippen LogP contribution in [0.5, 0.6) is 0 Å². The quantitative estimate of drug-likeness (QED) is 0.645. The van der Waals surface area contributed by atoms with E-state index in [-0.39, 0.29) is 30.8 Å². The van der Waals surface area contributed by atoms with Crippen LogP contribution in [0, 0.1) is 0 Å². The predicted molar refractivity (Wildman–Crippen MR) is 109 cm³/mol. The Balaban J connectivity index is 1.74. The van der Waals surface area contributed by atoms with Crippen molar-refractivity contribution in [2.45, 2.75) is 13.5 Å². The van der Waals surface area contributed by atoms with Crippen molar-refractivity contribution in [1.82, 2.24) is 4.90 Å². The zero-order chi connectivity index (χ0) is 20.6. The Morgan fingerprint density at radius 1 is 0.862 bits per heavy atom. The highest BCUT2D eigenvalue weighted by Gasteiger charge is 2.20. The Bertz CT molecular complexity index is 967. The largest absolute Gasteiger partial charge is 0.467 e. The molecule has 0 saturated heterocycles. The van der Waals surface area contributed by atoms with Crippen molar-refractivity contribution in [1.29, 1.82) is 0 Å². The van der Waals surface area contributed by atoms with Gasteiger partial charge in [0.15, 0.2) is 0 Å². The highest BCUT2D eigenvalue weighted by molar-refractivity contribution is 5.99. The Kier molecular flexibility index (Phi) is 6.42. The van der Waals surface area contributed by atoms with Gasteiger partial charge in [0.2, 0.25) is 11.8 Å². The van der Waals surface area contributed by atoms with Crippen LogP contribution < -0.4 is 10.6 Å². The van der Waals surface area contributed by atoms with E-state index in [0.29, 0.717) is 22.7 Å². The van der Waals surface area contributed by atoms with E-state index >= 15 is 0 Å². The van der Waals surface area contributed by atoms with Crippen molar-refractivity contribution in [3.63, 3.8) is 0 Å². The monoisotopic (exact) mass is 391 g/mol. The molecule has 3 amide bonds. The minimum atomic E-state index is -0.320. The maximum absolute atomic E-state index is 13.0. The average Bonchev–Trinajstić information content (AvgIpc) is 3.21. The molecule has 2 N–H and O–H groups in total. The second kappa shape index (κ2) is 9.36. The van der Waals surface area contributed by atoms with Gasteiger partial charge in [0.1, 0.15) is 12.3 Å². The second-order valence-electron chi connectivity index (χ2n) is 6.41. The standard InChI is InChI=1S/C22H21N3O4/c1-16(26)23-19-11-9-17(10-12-19)22(28)25(14-20-8-5-13-29-20)15-21(27)24-18-6-3-2-4-7-18/h2-13H,14-15H2,1H3,(H,23,26)(H,24,27). The summed E-state index contributed by atoms with van der Waals surface area (Å²) in [4.78, 5) is 38.0. The van der Waals surface area contributed by atoms with Gasteiger partial charge in [0, 0.05) is 23.9 Å². The van der Waals surface area contributed by atoms with Gasteiger partial charge in [-0.25, -0.2) is 0 Å². The fourth-order valence-corrected chi connectivity index (χ4v) is 2.77. The molecule has 0 aliphatic carbocycles. The number of para-hydroxylation sites is 1. The second-order valence-corrected chi connectivity index (χ2v) is 6.41. The third-order valence-electron chi connectivity index (χ3n) is 4.06. The first-order valence-corrected chi connectivity index (χ1v) is 9.05. The normalized spacial score (nSPS) is 10.2. The molecule has 3 aromatic rings. The van der Waals surface area contributed by atoms with Crippen LogP contribution in [0.25, 0.3) is 0 Å². The molecule has 0 unspecified atom stereocenters. The fraction of sp³-hybridized carbons (Fsp3) is 0.136. The summed E-state index contributed by atoms with van der Waals surface area (Å²) in [6.07, 6.45) is 1.52. The molecular formula is C22H21N3O4. The lowest BCUT2D eigenvalue weighted by Crippen LogP contribution is -2.37. The van der Waals surface area contributed by atoms with Crippen LogP contribution in [0.4, 0.5) is 11.4 Å². The average molecular weight is 391 g/mol. The Morgan fingerprint density at radius 3 is 2.17 bits per heavy atom. The van der Waals surface area contributed by atoms with Crippen LogP contribution in [0.3, 0.4) is 0 Å². The highest BCUT2D eigenvalue weighted by atomic mass is 16.3. The van der Waals surface area contributed by atoms with Crippen LogP contribution in [0.15, 0.2) is 77.4 Å². The van der Waals surface area contributed by atoms with Crippen molar-refractivity contribution in [3.05, 3.63) is 84.3 Å². The summed E-state index contributed by atoms with van der Waals surface area (Å²) in [5.41, 5.74) is 1.65. The third-order valence-corrected chi connectivity index (χ3v) is 4.06. The maximum atomic E-state index is 13.0. The number of rotatable bonds is 7. The summed E-state index contributed by atoms with van der Waals surface area (Å²) in [7, 11) is 0. The number of amides is 3. The molecule has 0 saturated carbocycles. The molecule has 1 heterocycles. The van der Waals surface area contributed by atoms with Gasteiger partial charge >= 0.3 is 0 Å². The number of carbonyl (C=O) groups is 3. The summed E-state index contributed by atoms with van der Waals surface area (Å²) in [5, 5.41) is 5.43. The van der Waals surface area contributed by atoms with Crippen LogP contribution in [-0.2, 0) is 16.1 Å². The van der Waals surface area contributed by atoms with E-state index in [1.807, 2.05) is 18.2 Å². The van der Waals surface area contributed by atoms with E-state index < -0.39 is 0 Å². The van der Waals surface area contributed by atoms with Crippen LogP contribution in [0.1, 0.15) is 23.0 Å². The lowest BCUT2D eigenvalue weighted by atomic mass is 10.1. The van der Waals surface area contributed by atoms with Gasteiger partial charge in [-0.05, 0) is 48.5 Å². The first-order valence-electron chi connectivity index (χ1n) is 9.05. The van der Waals surface area contributed by atoms with E-state index in [1.165, 1.54) is 18.1 Å². The topological polar surface area (TPSA) is 91.7 Å². The van der Waals surface area contributed by atoms with Crippen molar-refractivity contribution in [2.75, 3.05) is 17.2 Å². The zero-order valence-corrected chi connectivity index (χ0v) is 15.9. The number of nitrogens with zero attached hydrogens (tertiary/aromatic N) is 1. The van der Waals surface area contributed by atoms with E-state index in [4.69, 9.17) is 4.42 Å². The first kappa shape index (κ1) is 19.9. The van der Waals surface area contributed by atoms with Crippen molar-refractivity contribution >= 4 is 29.1 Å². The van der Waals surface area contributed by atoms with Gasteiger partial charge < -0.3 is 20.0 Å². The van der Waals surface area contributed by atoms with Gasteiger partial charge in [-0.2, -0.15) is 0 Å². The van der Waals surface area contributed by atoms with Crippen LogP contribution in [0.2, 0.25) is 0 Å². The van der Waals surface area contributed by atoms with E-state index in [0.717, 1.165) is 0 Å². The molecule has 148 valence electrons. The molecule has 0 aliphatic rings. The molecule has 0 spiro atoms. The number of nitrogens with one attached hydrogen (secondary N) is 2. The molecule has 0 bridgehead atoms. The van der Waals surface area contributed by atoms with Crippen molar-refractivity contribution in [2.24, 2.45) is 0 Å². The molecule has 7 heteroatoms. The molecule has 1 aromatic heterocycles.